The summed E-state index contributed by atoms with van der Waals surface area (Å²) in [6, 6.07) is 9.11. The Balaban J connectivity index is 1.76. The highest BCUT2D eigenvalue weighted by atomic mass is 35.5. The van der Waals surface area contributed by atoms with Crippen molar-refractivity contribution in [3.63, 3.8) is 0 Å². The van der Waals surface area contributed by atoms with E-state index in [1.54, 1.807) is 23.5 Å². The maximum atomic E-state index is 11.4. The van der Waals surface area contributed by atoms with Gasteiger partial charge in [-0.15, -0.1) is 11.3 Å². The molecule has 0 radical (unpaired) electrons. The van der Waals surface area contributed by atoms with Gasteiger partial charge in [-0.1, -0.05) is 12.1 Å². The molecule has 3 aromatic rings. The van der Waals surface area contributed by atoms with Crippen LogP contribution in [0, 0.1) is 0 Å². The highest BCUT2D eigenvalue weighted by Gasteiger charge is 2.08. The molecule has 0 amide bonds. The normalized spacial score (nSPS) is 10.6. The average molecular weight is 334 g/mol. The quantitative estimate of drug-likeness (QED) is 0.582. The summed E-state index contributed by atoms with van der Waals surface area (Å²) in [5, 5.41) is 5.42. The van der Waals surface area contributed by atoms with E-state index in [-0.39, 0.29) is 11.3 Å². The molecule has 0 atom stereocenters. The second-order valence-corrected chi connectivity index (χ2v) is 5.77. The first-order chi connectivity index (χ1) is 10.7. The molecule has 112 valence electrons. The second-order valence-electron chi connectivity index (χ2n) is 4.52. The summed E-state index contributed by atoms with van der Waals surface area (Å²) < 4.78 is 5.64. The van der Waals surface area contributed by atoms with Gasteiger partial charge in [0.15, 0.2) is 0 Å². The summed E-state index contributed by atoms with van der Waals surface area (Å²) in [5.41, 5.74) is 2.37. The number of ether oxygens (including phenoxy) is 1. The largest absolute Gasteiger partial charge is 0.465 e. The van der Waals surface area contributed by atoms with Crippen molar-refractivity contribution in [3.05, 3.63) is 52.1 Å². The number of hydrogen-bond acceptors (Lipinski definition) is 6. The number of aromatic nitrogens is 2. The van der Waals surface area contributed by atoms with Crippen LogP contribution in [0.5, 0.6) is 0 Å². The molecule has 7 heteroatoms. The standard InChI is InChI=1S/C15H12ClN3O2S/c1-21-14(20)10-4-2-9(3-5-10)8-17-13-12-11(6-7-22-12)18-15(16)19-13/h2-7H,8H2,1H3,(H,17,18,19). The third-order valence-corrected chi connectivity index (χ3v) is 4.19. The van der Waals surface area contributed by atoms with E-state index in [0.29, 0.717) is 17.9 Å². The number of thiophene rings is 1. The Morgan fingerprint density at radius 3 is 2.77 bits per heavy atom. The van der Waals surface area contributed by atoms with Crippen LogP contribution in [0.4, 0.5) is 5.82 Å². The van der Waals surface area contributed by atoms with Gasteiger partial charge in [0.25, 0.3) is 0 Å². The van der Waals surface area contributed by atoms with Crippen molar-refractivity contribution >= 4 is 44.9 Å². The van der Waals surface area contributed by atoms with Crippen LogP contribution in [0.25, 0.3) is 10.2 Å². The molecule has 0 bridgehead atoms. The number of nitrogens with one attached hydrogen (secondary N) is 1. The number of methoxy groups -OCH3 is 1. The van der Waals surface area contributed by atoms with Crippen LogP contribution in [0.2, 0.25) is 5.28 Å². The maximum Gasteiger partial charge on any atom is 0.337 e. The molecule has 0 unspecified atom stereocenters. The van der Waals surface area contributed by atoms with E-state index < -0.39 is 0 Å². The monoisotopic (exact) mass is 333 g/mol. The van der Waals surface area contributed by atoms with Crippen molar-refractivity contribution in [2.24, 2.45) is 0 Å². The number of nitrogens with zero attached hydrogens (tertiary/aromatic N) is 2. The predicted octanol–water partition coefficient (Wildman–Crippen LogP) is 3.74. The first-order valence-corrected chi connectivity index (χ1v) is 7.75. The average Bonchev–Trinajstić information content (AvgIpc) is 3.00. The Labute approximate surface area is 135 Å². The number of anilines is 1. The van der Waals surface area contributed by atoms with Gasteiger partial charge in [0, 0.05) is 6.54 Å². The number of halogens is 1. The van der Waals surface area contributed by atoms with Gasteiger partial charge in [-0.25, -0.2) is 9.78 Å². The Hall–Kier alpha value is -2.18. The van der Waals surface area contributed by atoms with E-state index in [2.05, 4.69) is 20.0 Å². The topological polar surface area (TPSA) is 64.1 Å². The fourth-order valence-electron chi connectivity index (χ4n) is 2.02. The Morgan fingerprint density at radius 2 is 2.05 bits per heavy atom. The number of carbonyl (C=O) groups is 1. The van der Waals surface area contributed by atoms with E-state index in [9.17, 15) is 4.79 Å². The van der Waals surface area contributed by atoms with Crippen molar-refractivity contribution in [1.29, 1.82) is 0 Å². The van der Waals surface area contributed by atoms with Gasteiger partial charge in [-0.2, -0.15) is 4.98 Å². The number of esters is 1. The van der Waals surface area contributed by atoms with Gasteiger partial charge in [0.1, 0.15) is 5.82 Å². The van der Waals surface area contributed by atoms with Crippen LogP contribution < -0.4 is 5.32 Å². The molecule has 0 aliphatic rings. The minimum Gasteiger partial charge on any atom is -0.465 e. The zero-order valence-corrected chi connectivity index (χ0v) is 13.2. The molecular weight excluding hydrogens is 322 g/mol. The summed E-state index contributed by atoms with van der Waals surface area (Å²) in [7, 11) is 1.36. The highest BCUT2D eigenvalue weighted by molar-refractivity contribution is 7.17. The van der Waals surface area contributed by atoms with E-state index in [0.717, 1.165) is 15.8 Å². The molecule has 0 saturated carbocycles. The van der Waals surface area contributed by atoms with Gasteiger partial charge in [0.05, 0.1) is 22.9 Å². The lowest BCUT2D eigenvalue weighted by atomic mass is 10.1. The third kappa shape index (κ3) is 3.03. The lowest BCUT2D eigenvalue weighted by Gasteiger charge is -2.07. The number of hydrogen-bond donors (Lipinski definition) is 1. The van der Waals surface area contributed by atoms with Crippen molar-refractivity contribution in [2.75, 3.05) is 12.4 Å². The molecule has 3 rings (SSSR count). The van der Waals surface area contributed by atoms with Gasteiger partial charge < -0.3 is 10.1 Å². The molecule has 0 saturated heterocycles. The predicted molar refractivity (Wildman–Crippen MR) is 87.5 cm³/mol. The van der Waals surface area contributed by atoms with Gasteiger partial charge in [-0.05, 0) is 40.7 Å². The van der Waals surface area contributed by atoms with Crippen molar-refractivity contribution < 1.29 is 9.53 Å². The van der Waals surface area contributed by atoms with Gasteiger partial charge >= 0.3 is 5.97 Å². The Kier molecular flexibility index (Phi) is 4.22. The minimum absolute atomic E-state index is 0.217. The highest BCUT2D eigenvalue weighted by Crippen LogP contribution is 2.27. The fourth-order valence-corrected chi connectivity index (χ4v) is 2.99. The number of rotatable bonds is 4. The van der Waals surface area contributed by atoms with Crippen LogP contribution in [-0.2, 0) is 11.3 Å². The Morgan fingerprint density at radius 1 is 1.27 bits per heavy atom. The number of carbonyl (C=O) groups excluding carboxylic acids is 1. The molecule has 0 aliphatic heterocycles. The lowest BCUT2D eigenvalue weighted by molar-refractivity contribution is 0.0600. The molecule has 0 aliphatic carbocycles. The molecule has 2 aromatic heterocycles. The molecule has 0 spiro atoms. The SMILES string of the molecule is COC(=O)c1ccc(CNc2nc(Cl)nc3ccsc23)cc1. The Bertz CT molecular complexity index is 817. The summed E-state index contributed by atoms with van der Waals surface area (Å²) in [6.07, 6.45) is 0. The van der Waals surface area contributed by atoms with Crippen LogP contribution in [0.3, 0.4) is 0 Å². The second kappa shape index (κ2) is 6.29. The fraction of sp³-hybridized carbons (Fsp3) is 0.133. The number of fused-ring (bicyclic) bond motifs is 1. The van der Waals surface area contributed by atoms with E-state index in [1.165, 1.54) is 7.11 Å². The molecule has 0 fully saturated rings. The smallest absolute Gasteiger partial charge is 0.337 e. The summed E-state index contributed by atoms with van der Waals surface area (Å²) >= 11 is 7.48. The first kappa shape index (κ1) is 14.7. The van der Waals surface area contributed by atoms with Crippen LogP contribution >= 0.6 is 22.9 Å². The van der Waals surface area contributed by atoms with Gasteiger partial charge in [-0.3, -0.25) is 0 Å². The maximum absolute atomic E-state index is 11.4. The third-order valence-electron chi connectivity index (χ3n) is 3.11. The lowest BCUT2D eigenvalue weighted by Crippen LogP contribution is -2.04. The minimum atomic E-state index is -0.345. The van der Waals surface area contributed by atoms with Gasteiger partial charge in [0.2, 0.25) is 5.28 Å². The summed E-state index contributed by atoms with van der Waals surface area (Å²) in [4.78, 5) is 19.8. The van der Waals surface area contributed by atoms with Crippen molar-refractivity contribution in [3.8, 4) is 0 Å². The van der Waals surface area contributed by atoms with Crippen LogP contribution in [-0.4, -0.2) is 23.0 Å². The molecular formula is C15H12ClN3O2S. The van der Waals surface area contributed by atoms with Crippen molar-refractivity contribution in [2.45, 2.75) is 6.54 Å². The van der Waals surface area contributed by atoms with Crippen LogP contribution in [0.1, 0.15) is 15.9 Å². The zero-order chi connectivity index (χ0) is 15.5. The summed E-state index contributed by atoms with van der Waals surface area (Å²) in [6.45, 7) is 0.571. The van der Waals surface area contributed by atoms with E-state index >= 15 is 0 Å². The first-order valence-electron chi connectivity index (χ1n) is 6.49. The van der Waals surface area contributed by atoms with E-state index in [1.807, 2.05) is 23.6 Å². The molecule has 2 heterocycles. The summed E-state index contributed by atoms with van der Waals surface area (Å²) in [5.74, 6) is 0.365. The van der Waals surface area contributed by atoms with Crippen LogP contribution in [0.15, 0.2) is 35.7 Å². The molecule has 22 heavy (non-hydrogen) atoms. The zero-order valence-electron chi connectivity index (χ0n) is 11.7. The molecule has 1 aromatic carbocycles. The molecule has 1 N–H and O–H groups in total. The van der Waals surface area contributed by atoms with Crippen molar-refractivity contribution in [1.82, 2.24) is 9.97 Å². The van der Waals surface area contributed by atoms with E-state index in [4.69, 9.17) is 11.6 Å². The molecule has 5 nitrogen and oxygen atoms in total. The number of benzene rings is 1.